The van der Waals surface area contributed by atoms with Crippen molar-refractivity contribution in [2.75, 3.05) is 13.1 Å². The maximum Gasteiger partial charge on any atom is 0.410 e. The van der Waals surface area contributed by atoms with Crippen LogP contribution in [0.15, 0.2) is 0 Å². The third kappa shape index (κ3) is 3.16. The Bertz CT molecular complexity index is 279. The van der Waals surface area contributed by atoms with Gasteiger partial charge >= 0.3 is 6.09 Å². The van der Waals surface area contributed by atoms with Crippen molar-refractivity contribution in [1.82, 2.24) is 4.90 Å². The predicted molar refractivity (Wildman–Crippen MR) is 59.3 cm³/mol. The van der Waals surface area contributed by atoms with Crippen molar-refractivity contribution < 1.29 is 9.53 Å². The minimum absolute atomic E-state index is 0.233. The number of hydrogen-bond donors (Lipinski definition) is 0. The van der Waals surface area contributed by atoms with Crippen LogP contribution in [0.5, 0.6) is 0 Å². The van der Waals surface area contributed by atoms with Crippen molar-refractivity contribution in [3.63, 3.8) is 0 Å². The summed E-state index contributed by atoms with van der Waals surface area (Å²) < 4.78 is 5.24. The topological polar surface area (TPSA) is 29.5 Å². The van der Waals surface area contributed by atoms with Crippen LogP contribution in [-0.2, 0) is 4.74 Å². The fourth-order valence-electron chi connectivity index (χ4n) is 1.44. The molecular weight excluding hydrogens is 190 g/mol. The van der Waals surface area contributed by atoms with E-state index in [1.807, 2.05) is 27.7 Å². The van der Waals surface area contributed by atoms with Gasteiger partial charge in [-0.25, -0.2) is 4.79 Å². The van der Waals surface area contributed by atoms with Gasteiger partial charge in [-0.15, -0.1) is 12.3 Å². The smallest absolute Gasteiger partial charge is 0.410 e. The van der Waals surface area contributed by atoms with Gasteiger partial charge in [0.25, 0.3) is 0 Å². The number of likely N-dealkylation sites (tertiary alicyclic amines) is 1. The molecule has 0 bridgehead atoms. The van der Waals surface area contributed by atoms with E-state index >= 15 is 0 Å². The number of rotatable bonds is 1. The van der Waals surface area contributed by atoms with Gasteiger partial charge in [-0.05, 0) is 20.8 Å². The van der Waals surface area contributed by atoms with E-state index in [0.717, 1.165) is 13.1 Å². The first-order valence-electron chi connectivity index (χ1n) is 5.27. The first kappa shape index (κ1) is 11.9. The molecule has 0 aromatic carbocycles. The number of hydrogen-bond acceptors (Lipinski definition) is 2. The van der Waals surface area contributed by atoms with Crippen molar-refractivity contribution in [2.24, 2.45) is 11.8 Å². The van der Waals surface area contributed by atoms with Gasteiger partial charge in [-0.1, -0.05) is 6.92 Å². The van der Waals surface area contributed by atoms with Gasteiger partial charge in [-0.2, -0.15) is 0 Å². The fourth-order valence-corrected chi connectivity index (χ4v) is 1.44. The molecule has 0 aliphatic carbocycles. The first-order chi connectivity index (χ1) is 6.83. The zero-order valence-electron chi connectivity index (χ0n) is 9.91. The lowest BCUT2D eigenvalue weighted by molar-refractivity contribution is -0.00548. The molecule has 3 heteroatoms. The Morgan fingerprint density at radius 3 is 2.47 bits per heavy atom. The van der Waals surface area contributed by atoms with Crippen molar-refractivity contribution in [1.29, 1.82) is 0 Å². The van der Waals surface area contributed by atoms with E-state index in [9.17, 15) is 4.79 Å². The molecule has 1 saturated heterocycles. The highest BCUT2D eigenvalue weighted by atomic mass is 16.6. The monoisotopic (exact) mass is 209 g/mol. The normalized spacial score (nSPS) is 19.0. The molecule has 1 aliphatic rings. The Labute approximate surface area is 91.8 Å². The Morgan fingerprint density at radius 1 is 1.53 bits per heavy atom. The Hall–Kier alpha value is -1.17. The number of ether oxygens (including phenoxy) is 1. The van der Waals surface area contributed by atoms with E-state index in [1.54, 1.807) is 4.90 Å². The van der Waals surface area contributed by atoms with Crippen LogP contribution < -0.4 is 0 Å². The van der Waals surface area contributed by atoms with Crippen molar-refractivity contribution in [3.8, 4) is 12.3 Å². The molecule has 1 rings (SSSR count). The van der Waals surface area contributed by atoms with Crippen LogP contribution in [0.1, 0.15) is 27.7 Å². The highest BCUT2D eigenvalue weighted by molar-refractivity contribution is 5.69. The molecule has 0 aromatic heterocycles. The molecule has 1 aliphatic heterocycles. The Balaban J connectivity index is 2.34. The summed E-state index contributed by atoms with van der Waals surface area (Å²) in [5.41, 5.74) is -0.417. The zero-order valence-corrected chi connectivity index (χ0v) is 9.91. The summed E-state index contributed by atoms with van der Waals surface area (Å²) in [6.07, 6.45) is 5.09. The highest BCUT2D eigenvalue weighted by Gasteiger charge is 2.35. The third-order valence-electron chi connectivity index (χ3n) is 2.53. The molecule has 1 unspecified atom stereocenters. The Kier molecular flexibility index (Phi) is 3.28. The van der Waals surface area contributed by atoms with Gasteiger partial charge in [0.2, 0.25) is 0 Å². The number of carbonyl (C=O) groups is 1. The summed E-state index contributed by atoms with van der Waals surface area (Å²) in [6, 6.07) is 0. The minimum Gasteiger partial charge on any atom is -0.444 e. The summed E-state index contributed by atoms with van der Waals surface area (Å²) >= 11 is 0. The second-order valence-electron chi connectivity index (χ2n) is 5.10. The lowest BCUT2D eigenvalue weighted by Gasteiger charge is -2.41. The average Bonchev–Trinajstić information content (AvgIpc) is 1.97. The van der Waals surface area contributed by atoms with Gasteiger partial charge in [0.1, 0.15) is 5.60 Å². The Morgan fingerprint density at radius 2 is 2.07 bits per heavy atom. The molecule has 84 valence electrons. The second kappa shape index (κ2) is 4.14. The summed E-state index contributed by atoms with van der Waals surface area (Å²) in [7, 11) is 0. The number of carbonyl (C=O) groups excluding carboxylic acids is 1. The van der Waals surface area contributed by atoms with E-state index < -0.39 is 5.60 Å². The van der Waals surface area contributed by atoms with Crippen molar-refractivity contribution in [2.45, 2.75) is 33.3 Å². The molecule has 0 aromatic rings. The minimum atomic E-state index is -0.417. The molecule has 3 nitrogen and oxygen atoms in total. The highest BCUT2D eigenvalue weighted by Crippen LogP contribution is 2.25. The molecule has 15 heavy (non-hydrogen) atoms. The van der Waals surface area contributed by atoms with E-state index in [-0.39, 0.29) is 12.0 Å². The molecule has 1 amide bonds. The third-order valence-corrected chi connectivity index (χ3v) is 2.53. The maximum atomic E-state index is 11.5. The van der Waals surface area contributed by atoms with Gasteiger partial charge in [0.15, 0.2) is 0 Å². The molecule has 0 spiro atoms. The molecular formula is C12H19NO2. The van der Waals surface area contributed by atoms with Gasteiger partial charge in [0, 0.05) is 24.9 Å². The summed E-state index contributed by atoms with van der Waals surface area (Å²) in [5, 5.41) is 0. The molecule has 0 N–H and O–H groups in total. The SMILES string of the molecule is C#CC(C)C1CN(C(=O)OC(C)(C)C)C1. The maximum absolute atomic E-state index is 11.5. The van der Waals surface area contributed by atoms with Crippen LogP contribution in [0, 0.1) is 24.2 Å². The number of terminal acetylenes is 1. The predicted octanol–water partition coefficient (Wildman–Crippen LogP) is 2.12. The second-order valence-corrected chi connectivity index (χ2v) is 5.10. The van der Waals surface area contributed by atoms with E-state index in [1.165, 1.54) is 0 Å². The van der Waals surface area contributed by atoms with Crippen LogP contribution in [0.3, 0.4) is 0 Å². The first-order valence-corrected chi connectivity index (χ1v) is 5.27. The quantitative estimate of drug-likeness (QED) is 0.619. The lowest BCUT2D eigenvalue weighted by Crippen LogP contribution is -2.53. The summed E-state index contributed by atoms with van der Waals surface area (Å²) in [4.78, 5) is 13.2. The standard InChI is InChI=1S/C12H19NO2/c1-6-9(2)10-7-13(8-10)11(14)15-12(3,4)5/h1,9-10H,7-8H2,2-5H3. The van der Waals surface area contributed by atoms with E-state index in [0.29, 0.717) is 5.92 Å². The largest absolute Gasteiger partial charge is 0.444 e. The van der Waals surface area contributed by atoms with Gasteiger partial charge < -0.3 is 9.64 Å². The summed E-state index contributed by atoms with van der Waals surface area (Å²) in [5.74, 6) is 3.37. The lowest BCUT2D eigenvalue weighted by atomic mass is 9.88. The van der Waals surface area contributed by atoms with Gasteiger partial charge in [-0.3, -0.25) is 0 Å². The van der Waals surface area contributed by atoms with Crippen LogP contribution >= 0.6 is 0 Å². The van der Waals surface area contributed by atoms with E-state index in [2.05, 4.69) is 5.92 Å². The summed E-state index contributed by atoms with van der Waals surface area (Å²) in [6.45, 7) is 9.06. The number of amides is 1. The van der Waals surface area contributed by atoms with Crippen LogP contribution in [0.4, 0.5) is 4.79 Å². The molecule has 1 fully saturated rings. The fraction of sp³-hybridized carbons (Fsp3) is 0.750. The van der Waals surface area contributed by atoms with Gasteiger partial charge in [0.05, 0.1) is 0 Å². The van der Waals surface area contributed by atoms with Crippen molar-refractivity contribution >= 4 is 6.09 Å². The molecule has 1 atom stereocenters. The van der Waals surface area contributed by atoms with Crippen LogP contribution in [0.25, 0.3) is 0 Å². The molecule has 0 radical (unpaired) electrons. The zero-order chi connectivity index (χ0) is 11.6. The van der Waals surface area contributed by atoms with Crippen LogP contribution in [-0.4, -0.2) is 29.7 Å². The van der Waals surface area contributed by atoms with Crippen LogP contribution in [0.2, 0.25) is 0 Å². The number of nitrogens with zero attached hydrogens (tertiary/aromatic N) is 1. The van der Waals surface area contributed by atoms with Crippen molar-refractivity contribution in [3.05, 3.63) is 0 Å². The molecule has 1 heterocycles. The average molecular weight is 209 g/mol. The van der Waals surface area contributed by atoms with E-state index in [4.69, 9.17) is 11.2 Å². The molecule has 0 saturated carbocycles.